The van der Waals surface area contributed by atoms with Gasteiger partial charge in [0.2, 0.25) is 0 Å². The van der Waals surface area contributed by atoms with E-state index in [-0.39, 0.29) is 17.1 Å². The van der Waals surface area contributed by atoms with E-state index in [2.05, 4.69) is 39.5 Å². The van der Waals surface area contributed by atoms with Crippen molar-refractivity contribution in [1.82, 2.24) is 4.90 Å². The van der Waals surface area contributed by atoms with Crippen molar-refractivity contribution >= 4 is 0 Å². The van der Waals surface area contributed by atoms with Gasteiger partial charge in [0.15, 0.2) is 0 Å². The molecule has 0 aromatic heterocycles. The van der Waals surface area contributed by atoms with Crippen LogP contribution in [0.3, 0.4) is 0 Å². The van der Waals surface area contributed by atoms with Gasteiger partial charge in [-0.15, -0.1) is 0 Å². The Kier molecular flexibility index (Phi) is 6.29. The second kappa shape index (κ2) is 7.61. The molecule has 0 radical (unpaired) electrons. The van der Waals surface area contributed by atoms with Gasteiger partial charge in [-0.25, -0.2) is 0 Å². The zero-order valence-electron chi connectivity index (χ0n) is 15.2. The molecule has 0 saturated carbocycles. The van der Waals surface area contributed by atoms with Crippen LogP contribution in [0, 0.1) is 11.3 Å². The first-order chi connectivity index (χ1) is 10.3. The van der Waals surface area contributed by atoms with E-state index in [4.69, 9.17) is 14.2 Å². The Balaban J connectivity index is 1.89. The molecule has 0 amide bonds. The molecule has 2 saturated heterocycles. The topological polar surface area (TPSA) is 30.9 Å². The Labute approximate surface area is 136 Å². The largest absolute Gasteiger partial charge is 0.380 e. The number of rotatable bonds is 3. The Hall–Kier alpha value is -0.160. The van der Waals surface area contributed by atoms with Gasteiger partial charge in [-0.2, -0.15) is 0 Å². The second-order valence-electron chi connectivity index (χ2n) is 8.53. The molecule has 0 N–H and O–H groups in total. The Morgan fingerprint density at radius 3 is 2.41 bits per heavy atom. The molecule has 2 fully saturated rings. The first kappa shape index (κ1) is 18.2. The molecule has 2 rings (SSSR count). The number of ether oxygens (including phenoxy) is 3. The summed E-state index contributed by atoms with van der Waals surface area (Å²) in [4.78, 5) is 2.55. The monoisotopic (exact) mass is 313 g/mol. The minimum absolute atomic E-state index is 0.128. The molecular weight excluding hydrogens is 278 g/mol. The highest BCUT2D eigenvalue weighted by Crippen LogP contribution is 2.30. The van der Waals surface area contributed by atoms with Crippen LogP contribution in [0.25, 0.3) is 0 Å². The minimum atomic E-state index is 0.128. The summed E-state index contributed by atoms with van der Waals surface area (Å²) >= 11 is 0. The van der Waals surface area contributed by atoms with Gasteiger partial charge < -0.3 is 14.2 Å². The molecule has 0 aromatic carbocycles. The average Bonchev–Trinajstić information content (AvgIpc) is 2.79. The summed E-state index contributed by atoms with van der Waals surface area (Å²) in [6.07, 6.45) is 2.34. The lowest BCUT2D eigenvalue weighted by molar-refractivity contribution is -0.0224. The molecule has 2 atom stereocenters. The summed E-state index contributed by atoms with van der Waals surface area (Å²) in [5.41, 5.74) is 0.371. The van der Waals surface area contributed by atoms with Gasteiger partial charge in [0.1, 0.15) is 0 Å². The molecule has 0 spiro atoms. The van der Waals surface area contributed by atoms with Gasteiger partial charge in [-0.3, -0.25) is 4.90 Å². The van der Waals surface area contributed by atoms with Crippen molar-refractivity contribution in [2.45, 2.75) is 59.1 Å². The van der Waals surface area contributed by atoms with E-state index < -0.39 is 0 Å². The molecule has 2 aliphatic rings. The van der Waals surface area contributed by atoms with Crippen molar-refractivity contribution in [3.63, 3.8) is 0 Å². The molecule has 2 aliphatic heterocycles. The Morgan fingerprint density at radius 2 is 1.68 bits per heavy atom. The summed E-state index contributed by atoms with van der Waals surface area (Å²) in [6, 6.07) is 0. The molecule has 4 nitrogen and oxygen atoms in total. The fourth-order valence-electron chi connectivity index (χ4n) is 3.35. The zero-order valence-corrected chi connectivity index (χ0v) is 15.2. The van der Waals surface area contributed by atoms with Crippen LogP contribution in [0.1, 0.15) is 47.5 Å². The molecule has 22 heavy (non-hydrogen) atoms. The van der Waals surface area contributed by atoms with E-state index in [1.54, 1.807) is 0 Å². The van der Waals surface area contributed by atoms with E-state index in [0.717, 1.165) is 59.0 Å². The molecular formula is C18H35NO3. The second-order valence-corrected chi connectivity index (χ2v) is 8.53. The van der Waals surface area contributed by atoms with Crippen LogP contribution >= 0.6 is 0 Å². The summed E-state index contributed by atoms with van der Waals surface area (Å²) < 4.78 is 17.7. The van der Waals surface area contributed by atoms with Gasteiger partial charge in [0.05, 0.1) is 32.5 Å². The van der Waals surface area contributed by atoms with Crippen molar-refractivity contribution in [1.29, 1.82) is 0 Å². The molecule has 2 heterocycles. The predicted octanol–water partition coefficient (Wildman–Crippen LogP) is 2.96. The fourth-order valence-corrected chi connectivity index (χ4v) is 3.35. The van der Waals surface area contributed by atoms with E-state index in [0.29, 0.717) is 5.92 Å². The van der Waals surface area contributed by atoms with Crippen LogP contribution in [0.4, 0.5) is 0 Å². The van der Waals surface area contributed by atoms with Crippen LogP contribution in [-0.2, 0) is 14.2 Å². The third-order valence-corrected chi connectivity index (χ3v) is 5.19. The van der Waals surface area contributed by atoms with Crippen molar-refractivity contribution in [3.05, 3.63) is 0 Å². The molecule has 0 aliphatic carbocycles. The van der Waals surface area contributed by atoms with Crippen molar-refractivity contribution < 1.29 is 14.2 Å². The normalized spacial score (nSPS) is 29.9. The summed E-state index contributed by atoms with van der Waals surface area (Å²) in [7, 11) is 0. The first-order valence-corrected chi connectivity index (χ1v) is 8.81. The molecule has 130 valence electrons. The number of hydrogen-bond acceptors (Lipinski definition) is 4. The van der Waals surface area contributed by atoms with Gasteiger partial charge in [0, 0.05) is 31.2 Å². The summed E-state index contributed by atoms with van der Waals surface area (Å²) in [5.74, 6) is 0.479. The highest BCUT2D eigenvalue weighted by atomic mass is 16.5. The van der Waals surface area contributed by atoms with Crippen molar-refractivity contribution in [2.24, 2.45) is 11.3 Å². The van der Waals surface area contributed by atoms with E-state index >= 15 is 0 Å². The third kappa shape index (κ3) is 5.19. The lowest BCUT2D eigenvalue weighted by Crippen LogP contribution is -2.48. The van der Waals surface area contributed by atoms with E-state index in [9.17, 15) is 0 Å². The average molecular weight is 313 g/mol. The lowest BCUT2D eigenvalue weighted by Gasteiger charge is -2.39. The zero-order chi connectivity index (χ0) is 16.2. The van der Waals surface area contributed by atoms with Crippen LogP contribution in [-0.4, -0.2) is 62.7 Å². The van der Waals surface area contributed by atoms with Crippen molar-refractivity contribution in [3.8, 4) is 0 Å². The fraction of sp³-hybridized carbons (Fsp3) is 1.00. The molecule has 2 unspecified atom stereocenters. The highest BCUT2D eigenvalue weighted by Gasteiger charge is 2.34. The number of nitrogens with zero attached hydrogens (tertiary/aromatic N) is 1. The first-order valence-electron chi connectivity index (χ1n) is 8.81. The maximum Gasteiger partial charge on any atom is 0.0826 e. The lowest BCUT2D eigenvalue weighted by atomic mass is 9.82. The minimum Gasteiger partial charge on any atom is -0.380 e. The van der Waals surface area contributed by atoms with E-state index in [1.807, 2.05) is 0 Å². The predicted molar refractivity (Wildman–Crippen MR) is 89.2 cm³/mol. The Morgan fingerprint density at radius 1 is 0.909 bits per heavy atom. The molecule has 4 heteroatoms. The maximum atomic E-state index is 6.22. The summed E-state index contributed by atoms with van der Waals surface area (Å²) in [5, 5.41) is 0. The maximum absolute atomic E-state index is 6.22. The van der Waals surface area contributed by atoms with Gasteiger partial charge >= 0.3 is 0 Å². The van der Waals surface area contributed by atoms with Crippen LogP contribution in [0.5, 0.6) is 0 Å². The van der Waals surface area contributed by atoms with Crippen LogP contribution in [0.2, 0.25) is 0 Å². The standard InChI is InChI=1S/C18H35NO3/c1-17(2,3)15-12-21-14-16(22-13-15)11-18(4,5)19-7-6-9-20-10-8-19/h15-16H,6-14H2,1-5H3. The SMILES string of the molecule is CC(C)(C)C1COCC(CC(C)(C)N2CCCOCC2)OC1. The van der Waals surface area contributed by atoms with Gasteiger partial charge in [-0.05, 0) is 32.1 Å². The highest BCUT2D eigenvalue weighted by molar-refractivity contribution is 4.87. The van der Waals surface area contributed by atoms with Gasteiger partial charge in [-0.1, -0.05) is 20.8 Å². The number of hydrogen-bond donors (Lipinski definition) is 0. The molecule has 0 aromatic rings. The van der Waals surface area contributed by atoms with Crippen LogP contribution in [0.15, 0.2) is 0 Å². The Bertz CT molecular complexity index is 330. The quantitative estimate of drug-likeness (QED) is 0.801. The van der Waals surface area contributed by atoms with Gasteiger partial charge in [0.25, 0.3) is 0 Å². The van der Waals surface area contributed by atoms with Crippen molar-refractivity contribution in [2.75, 3.05) is 46.1 Å². The van der Waals surface area contributed by atoms with Crippen LogP contribution < -0.4 is 0 Å². The third-order valence-electron chi connectivity index (χ3n) is 5.19. The van der Waals surface area contributed by atoms with E-state index in [1.165, 1.54) is 0 Å². The molecule has 0 bridgehead atoms. The smallest absolute Gasteiger partial charge is 0.0826 e. The summed E-state index contributed by atoms with van der Waals surface area (Å²) in [6.45, 7) is 17.7.